The molecule has 2 aromatic rings. The Morgan fingerprint density at radius 2 is 1.54 bits per heavy atom. The SMILES string of the molecule is CCc1ccc(C2CCN(Cc3ccc(Cl)c(Cl)c3)CC2)cc1.Cl. The minimum absolute atomic E-state index is 0. The molecular weight excluding hydrogens is 361 g/mol. The molecule has 4 heteroatoms. The van der Waals surface area contributed by atoms with E-state index in [-0.39, 0.29) is 12.4 Å². The van der Waals surface area contributed by atoms with Crippen molar-refractivity contribution in [2.24, 2.45) is 0 Å². The zero-order valence-corrected chi connectivity index (χ0v) is 16.3. The van der Waals surface area contributed by atoms with Crippen LogP contribution < -0.4 is 0 Å². The van der Waals surface area contributed by atoms with E-state index in [0.717, 1.165) is 26.1 Å². The summed E-state index contributed by atoms with van der Waals surface area (Å²) in [7, 11) is 0. The van der Waals surface area contributed by atoms with Gasteiger partial charge in [-0.3, -0.25) is 4.90 Å². The number of benzene rings is 2. The second-order valence-corrected chi connectivity index (χ2v) is 7.21. The number of piperidine rings is 1. The number of rotatable bonds is 4. The first-order valence-corrected chi connectivity index (χ1v) is 9.16. The summed E-state index contributed by atoms with van der Waals surface area (Å²) in [6, 6.07) is 15.1. The van der Waals surface area contributed by atoms with Crippen molar-refractivity contribution in [3.63, 3.8) is 0 Å². The average molecular weight is 385 g/mol. The van der Waals surface area contributed by atoms with Crippen LogP contribution in [-0.2, 0) is 13.0 Å². The summed E-state index contributed by atoms with van der Waals surface area (Å²) >= 11 is 12.1. The summed E-state index contributed by atoms with van der Waals surface area (Å²) < 4.78 is 0. The van der Waals surface area contributed by atoms with Crippen LogP contribution in [0.25, 0.3) is 0 Å². The molecule has 0 atom stereocenters. The van der Waals surface area contributed by atoms with Gasteiger partial charge in [0, 0.05) is 6.54 Å². The van der Waals surface area contributed by atoms with E-state index in [1.807, 2.05) is 12.1 Å². The van der Waals surface area contributed by atoms with Crippen molar-refractivity contribution in [2.75, 3.05) is 13.1 Å². The molecule has 130 valence electrons. The van der Waals surface area contributed by atoms with Gasteiger partial charge in [-0.15, -0.1) is 12.4 Å². The highest BCUT2D eigenvalue weighted by molar-refractivity contribution is 6.42. The zero-order valence-electron chi connectivity index (χ0n) is 14.0. The molecule has 0 radical (unpaired) electrons. The number of hydrogen-bond acceptors (Lipinski definition) is 1. The third-order valence-electron chi connectivity index (χ3n) is 4.84. The molecule has 0 unspecified atom stereocenters. The standard InChI is InChI=1S/C20H23Cl2N.ClH/c1-2-15-3-6-17(7-4-15)18-9-11-23(12-10-18)14-16-5-8-19(21)20(22)13-16;/h3-8,13,18H,2,9-12,14H2,1H3;1H. The Morgan fingerprint density at radius 3 is 2.12 bits per heavy atom. The lowest BCUT2D eigenvalue weighted by atomic mass is 9.88. The second kappa shape index (κ2) is 9.10. The van der Waals surface area contributed by atoms with Crippen molar-refractivity contribution in [3.8, 4) is 0 Å². The molecule has 0 N–H and O–H groups in total. The first kappa shape index (κ1) is 19.6. The molecular formula is C20H24Cl3N. The summed E-state index contributed by atoms with van der Waals surface area (Å²) in [5, 5.41) is 1.28. The average Bonchev–Trinajstić information content (AvgIpc) is 2.59. The Bertz CT molecular complexity index is 646. The molecule has 1 aliphatic heterocycles. The molecule has 3 rings (SSSR count). The monoisotopic (exact) mass is 383 g/mol. The maximum Gasteiger partial charge on any atom is 0.0595 e. The Labute approximate surface area is 161 Å². The molecule has 0 aliphatic carbocycles. The van der Waals surface area contributed by atoms with Gasteiger partial charge in [0.05, 0.1) is 10.0 Å². The Hall–Kier alpha value is -0.730. The minimum atomic E-state index is 0. The number of aryl methyl sites for hydroxylation is 1. The highest BCUT2D eigenvalue weighted by Crippen LogP contribution is 2.29. The normalized spacial score (nSPS) is 16.0. The Morgan fingerprint density at radius 1 is 0.917 bits per heavy atom. The summed E-state index contributed by atoms with van der Waals surface area (Å²) in [5.74, 6) is 0.700. The zero-order chi connectivity index (χ0) is 16.2. The van der Waals surface area contributed by atoms with Crippen LogP contribution >= 0.6 is 35.6 Å². The summed E-state index contributed by atoms with van der Waals surface area (Å²) in [4.78, 5) is 2.51. The summed E-state index contributed by atoms with van der Waals surface area (Å²) in [6.07, 6.45) is 3.57. The Kier molecular flexibility index (Phi) is 7.43. The van der Waals surface area contributed by atoms with E-state index in [2.05, 4.69) is 42.2 Å². The van der Waals surface area contributed by atoms with E-state index in [0.29, 0.717) is 16.0 Å². The molecule has 1 aliphatic rings. The molecule has 0 saturated carbocycles. The fraction of sp³-hybridized carbons (Fsp3) is 0.400. The lowest BCUT2D eigenvalue weighted by Gasteiger charge is -2.32. The van der Waals surface area contributed by atoms with E-state index >= 15 is 0 Å². The molecule has 2 aromatic carbocycles. The number of halogens is 3. The van der Waals surface area contributed by atoms with Crippen LogP contribution in [-0.4, -0.2) is 18.0 Å². The molecule has 1 heterocycles. The molecule has 24 heavy (non-hydrogen) atoms. The molecule has 0 spiro atoms. The van der Waals surface area contributed by atoms with Crippen LogP contribution in [0.5, 0.6) is 0 Å². The molecule has 0 bridgehead atoms. The molecule has 1 saturated heterocycles. The van der Waals surface area contributed by atoms with E-state index in [1.165, 1.54) is 29.5 Å². The first-order chi connectivity index (χ1) is 11.2. The van der Waals surface area contributed by atoms with Crippen LogP contribution in [0.15, 0.2) is 42.5 Å². The van der Waals surface area contributed by atoms with Crippen molar-refractivity contribution in [3.05, 3.63) is 69.2 Å². The fourth-order valence-corrected chi connectivity index (χ4v) is 3.67. The van der Waals surface area contributed by atoms with E-state index < -0.39 is 0 Å². The predicted octanol–water partition coefficient (Wildman–Crippen LogP) is 6.36. The lowest BCUT2D eigenvalue weighted by molar-refractivity contribution is 0.204. The summed E-state index contributed by atoms with van der Waals surface area (Å²) in [6.45, 7) is 5.44. The van der Waals surface area contributed by atoms with Crippen molar-refractivity contribution in [1.29, 1.82) is 0 Å². The van der Waals surface area contributed by atoms with Gasteiger partial charge in [0.2, 0.25) is 0 Å². The van der Waals surface area contributed by atoms with Crippen molar-refractivity contribution in [1.82, 2.24) is 4.90 Å². The maximum absolute atomic E-state index is 6.11. The highest BCUT2D eigenvalue weighted by Gasteiger charge is 2.20. The van der Waals surface area contributed by atoms with Gasteiger partial charge in [-0.25, -0.2) is 0 Å². The van der Waals surface area contributed by atoms with Crippen molar-refractivity contribution >= 4 is 35.6 Å². The number of nitrogens with zero attached hydrogens (tertiary/aromatic N) is 1. The van der Waals surface area contributed by atoms with E-state index in [4.69, 9.17) is 23.2 Å². The molecule has 0 aromatic heterocycles. The van der Waals surface area contributed by atoms with Gasteiger partial charge < -0.3 is 0 Å². The number of hydrogen-bond donors (Lipinski definition) is 0. The van der Waals surface area contributed by atoms with E-state index in [1.54, 1.807) is 0 Å². The van der Waals surface area contributed by atoms with Crippen LogP contribution in [0.2, 0.25) is 10.0 Å². The first-order valence-electron chi connectivity index (χ1n) is 8.41. The van der Waals surface area contributed by atoms with E-state index in [9.17, 15) is 0 Å². The van der Waals surface area contributed by atoms with Gasteiger partial charge in [-0.1, -0.05) is 60.5 Å². The van der Waals surface area contributed by atoms with Crippen molar-refractivity contribution < 1.29 is 0 Å². The molecule has 1 nitrogen and oxygen atoms in total. The van der Waals surface area contributed by atoms with Gasteiger partial charge in [-0.2, -0.15) is 0 Å². The number of likely N-dealkylation sites (tertiary alicyclic amines) is 1. The topological polar surface area (TPSA) is 3.24 Å². The molecule has 0 amide bonds. The fourth-order valence-electron chi connectivity index (χ4n) is 3.35. The predicted molar refractivity (Wildman–Crippen MR) is 107 cm³/mol. The lowest BCUT2D eigenvalue weighted by Crippen LogP contribution is -2.32. The third kappa shape index (κ3) is 4.89. The Balaban J connectivity index is 0.00000208. The minimum Gasteiger partial charge on any atom is -0.299 e. The quantitative estimate of drug-likeness (QED) is 0.593. The third-order valence-corrected chi connectivity index (χ3v) is 5.58. The second-order valence-electron chi connectivity index (χ2n) is 6.39. The van der Waals surface area contributed by atoms with Crippen LogP contribution in [0.4, 0.5) is 0 Å². The maximum atomic E-state index is 6.11. The van der Waals surface area contributed by atoms with Gasteiger partial charge in [0.1, 0.15) is 0 Å². The highest BCUT2D eigenvalue weighted by atomic mass is 35.5. The van der Waals surface area contributed by atoms with Crippen LogP contribution in [0, 0.1) is 0 Å². The van der Waals surface area contributed by atoms with Gasteiger partial charge in [-0.05, 0) is 67.1 Å². The smallest absolute Gasteiger partial charge is 0.0595 e. The van der Waals surface area contributed by atoms with Gasteiger partial charge in [0.25, 0.3) is 0 Å². The van der Waals surface area contributed by atoms with Gasteiger partial charge >= 0.3 is 0 Å². The van der Waals surface area contributed by atoms with Crippen molar-refractivity contribution in [2.45, 2.75) is 38.6 Å². The molecule has 1 fully saturated rings. The van der Waals surface area contributed by atoms with Gasteiger partial charge in [0.15, 0.2) is 0 Å². The van der Waals surface area contributed by atoms with Crippen LogP contribution in [0.1, 0.15) is 42.4 Å². The van der Waals surface area contributed by atoms with Crippen LogP contribution in [0.3, 0.4) is 0 Å². The summed E-state index contributed by atoms with van der Waals surface area (Å²) in [5.41, 5.74) is 4.16. The largest absolute Gasteiger partial charge is 0.299 e.